The highest BCUT2D eigenvalue weighted by atomic mass is 32.2. The van der Waals surface area contributed by atoms with Gasteiger partial charge in [0.1, 0.15) is 0 Å². The van der Waals surface area contributed by atoms with Gasteiger partial charge in [-0.3, -0.25) is 0 Å². The van der Waals surface area contributed by atoms with Gasteiger partial charge in [-0.25, -0.2) is 15.0 Å². The fourth-order valence-corrected chi connectivity index (χ4v) is 5.76. The topological polar surface area (TPSA) is 38.5 Å². The van der Waals surface area contributed by atoms with Crippen LogP contribution in [-0.4, -0.2) is 25.5 Å². The van der Waals surface area contributed by atoms with Crippen molar-refractivity contribution in [3.8, 4) is 0 Å². The lowest BCUT2D eigenvalue weighted by Crippen LogP contribution is -2.55. The van der Waals surface area contributed by atoms with E-state index < -0.39 is 9.84 Å². The summed E-state index contributed by atoms with van der Waals surface area (Å²) in [6.45, 7) is 13.9. The van der Waals surface area contributed by atoms with Crippen molar-refractivity contribution < 1.29 is 8.42 Å². The van der Waals surface area contributed by atoms with Crippen molar-refractivity contribution in [3.63, 3.8) is 0 Å². The molecule has 17 heavy (non-hydrogen) atoms. The third-order valence-electron chi connectivity index (χ3n) is 4.80. The van der Waals surface area contributed by atoms with Crippen LogP contribution >= 0.6 is 0 Å². The Morgan fingerprint density at radius 3 is 1.82 bits per heavy atom. The Morgan fingerprint density at radius 1 is 1.06 bits per heavy atom. The van der Waals surface area contributed by atoms with Crippen molar-refractivity contribution in [2.24, 2.45) is 10.8 Å². The number of nitrogens with zero attached hydrogens (tertiary/aromatic N) is 1. The molecule has 1 spiro atoms. The molecule has 1 heterocycles. The van der Waals surface area contributed by atoms with Gasteiger partial charge in [-0.1, -0.05) is 20.8 Å². The predicted molar refractivity (Wildman–Crippen MR) is 68.3 cm³/mol. The molecule has 0 radical (unpaired) electrons. The van der Waals surface area contributed by atoms with E-state index in [9.17, 15) is 8.42 Å². The molecule has 0 unspecified atom stereocenters. The molecule has 1 saturated heterocycles. The molecule has 96 valence electrons. The first kappa shape index (κ1) is 12.9. The van der Waals surface area contributed by atoms with E-state index in [1.165, 1.54) is 0 Å². The highest BCUT2D eigenvalue weighted by Crippen LogP contribution is 2.54. The summed E-state index contributed by atoms with van der Waals surface area (Å²) in [5.74, 6) is 0.719. The second-order valence-corrected chi connectivity index (χ2v) is 8.99. The van der Waals surface area contributed by atoms with Crippen molar-refractivity contribution in [3.05, 3.63) is 11.4 Å². The molecule has 1 aliphatic heterocycles. The van der Waals surface area contributed by atoms with E-state index in [2.05, 4.69) is 25.6 Å². The maximum absolute atomic E-state index is 11.3. The minimum absolute atomic E-state index is 0.0149. The normalized spacial score (nSPS) is 29.3. The Kier molecular flexibility index (Phi) is 2.63. The van der Waals surface area contributed by atoms with Crippen LogP contribution in [0.3, 0.4) is 0 Å². The monoisotopic (exact) mass is 255 g/mol. The summed E-state index contributed by atoms with van der Waals surface area (Å²) in [6.07, 6.45) is 3.53. The summed E-state index contributed by atoms with van der Waals surface area (Å²) >= 11 is 0. The van der Waals surface area contributed by atoms with Crippen molar-refractivity contribution in [1.82, 2.24) is 0 Å². The van der Waals surface area contributed by atoms with Crippen LogP contribution in [-0.2, 0) is 9.84 Å². The van der Waals surface area contributed by atoms with Crippen LogP contribution in [0.5, 0.6) is 0 Å². The third-order valence-corrected chi connectivity index (χ3v) is 6.90. The van der Waals surface area contributed by atoms with E-state index in [4.69, 9.17) is 6.57 Å². The van der Waals surface area contributed by atoms with Gasteiger partial charge in [0.05, 0.1) is 11.5 Å². The summed E-state index contributed by atoms with van der Waals surface area (Å²) in [6, 6.07) is 0. The molecule has 0 N–H and O–H groups in total. The van der Waals surface area contributed by atoms with Crippen molar-refractivity contribution in [2.45, 2.75) is 52.0 Å². The van der Waals surface area contributed by atoms with E-state index in [-0.39, 0.29) is 16.4 Å². The molecule has 0 bridgehead atoms. The zero-order chi connectivity index (χ0) is 12.9. The van der Waals surface area contributed by atoms with Crippen LogP contribution in [0.15, 0.2) is 0 Å². The molecule has 1 saturated carbocycles. The first-order valence-electron chi connectivity index (χ1n) is 6.23. The van der Waals surface area contributed by atoms with Crippen molar-refractivity contribution in [1.29, 1.82) is 0 Å². The third kappa shape index (κ3) is 1.99. The molecule has 4 heteroatoms. The van der Waals surface area contributed by atoms with Crippen LogP contribution in [0, 0.1) is 17.4 Å². The minimum atomic E-state index is -2.75. The van der Waals surface area contributed by atoms with Gasteiger partial charge in [0, 0.05) is 18.3 Å². The molecule has 0 amide bonds. The maximum Gasteiger partial charge on any atom is 0.237 e. The first-order valence-corrected chi connectivity index (χ1v) is 8.05. The lowest BCUT2D eigenvalue weighted by molar-refractivity contribution is 0.102. The summed E-state index contributed by atoms with van der Waals surface area (Å²) in [7, 11) is -2.75. The Hall–Kier alpha value is -0.560. The van der Waals surface area contributed by atoms with Crippen LogP contribution in [0.2, 0.25) is 0 Å². The van der Waals surface area contributed by atoms with Crippen molar-refractivity contribution >= 4 is 9.84 Å². The molecule has 2 aliphatic rings. The Morgan fingerprint density at radius 2 is 1.53 bits per heavy atom. The lowest BCUT2D eigenvalue weighted by atomic mass is 9.60. The molecular formula is C13H21NO2S. The first-order chi connectivity index (χ1) is 7.64. The summed E-state index contributed by atoms with van der Waals surface area (Å²) in [5, 5.41) is 0. The van der Waals surface area contributed by atoms with Gasteiger partial charge in [0.2, 0.25) is 5.54 Å². The summed E-state index contributed by atoms with van der Waals surface area (Å²) in [4.78, 5) is 3.91. The number of hydrogen-bond donors (Lipinski definition) is 0. The second-order valence-electron chi connectivity index (χ2n) is 6.93. The average molecular weight is 255 g/mol. The van der Waals surface area contributed by atoms with Crippen LogP contribution in [0.4, 0.5) is 0 Å². The van der Waals surface area contributed by atoms with Gasteiger partial charge in [-0.05, 0) is 18.3 Å². The maximum atomic E-state index is 11.3. The average Bonchev–Trinajstić information content (AvgIpc) is 2.14. The lowest BCUT2D eigenvalue weighted by Gasteiger charge is -2.49. The number of rotatable bonds is 0. The molecule has 0 aromatic heterocycles. The smallest absolute Gasteiger partial charge is 0.237 e. The molecule has 1 aliphatic carbocycles. The SMILES string of the molecule is [C-]#[N+]C1(C(C)(C)C)CCC2(CC1)CS(=O)(=O)C2. The van der Waals surface area contributed by atoms with Gasteiger partial charge in [0.25, 0.3) is 0 Å². The molecule has 2 fully saturated rings. The Balaban J connectivity index is 2.11. The zero-order valence-corrected chi connectivity index (χ0v) is 11.7. The molecule has 0 aromatic rings. The second kappa shape index (κ2) is 3.47. The molecule has 0 aromatic carbocycles. The van der Waals surface area contributed by atoms with E-state index in [1.54, 1.807) is 0 Å². The van der Waals surface area contributed by atoms with Crippen molar-refractivity contribution in [2.75, 3.05) is 11.5 Å². The van der Waals surface area contributed by atoms with Crippen LogP contribution in [0.25, 0.3) is 4.85 Å². The minimum Gasteiger partial charge on any atom is -0.310 e. The van der Waals surface area contributed by atoms with Gasteiger partial charge in [-0.2, -0.15) is 0 Å². The van der Waals surface area contributed by atoms with Gasteiger partial charge in [-0.15, -0.1) is 0 Å². The highest BCUT2D eigenvalue weighted by Gasteiger charge is 2.58. The molecule has 2 rings (SSSR count). The molecule has 0 atom stereocenters. The van der Waals surface area contributed by atoms with E-state index in [0.29, 0.717) is 11.5 Å². The fraction of sp³-hybridized carbons (Fsp3) is 0.923. The van der Waals surface area contributed by atoms with Gasteiger partial charge in [0.15, 0.2) is 9.84 Å². The molecule has 3 nitrogen and oxygen atoms in total. The number of hydrogen-bond acceptors (Lipinski definition) is 2. The fourth-order valence-electron chi connectivity index (χ4n) is 3.40. The van der Waals surface area contributed by atoms with Crippen LogP contribution < -0.4 is 0 Å². The van der Waals surface area contributed by atoms with E-state index in [1.807, 2.05) is 0 Å². The van der Waals surface area contributed by atoms with Gasteiger partial charge >= 0.3 is 0 Å². The zero-order valence-electron chi connectivity index (χ0n) is 10.9. The Labute approximate surface area is 104 Å². The summed E-state index contributed by atoms with van der Waals surface area (Å²) < 4.78 is 22.7. The van der Waals surface area contributed by atoms with Crippen LogP contribution in [0.1, 0.15) is 46.5 Å². The summed E-state index contributed by atoms with van der Waals surface area (Å²) in [5.41, 5.74) is -0.269. The quantitative estimate of drug-likeness (QED) is 0.624. The Bertz CT molecular complexity index is 443. The van der Waals surface area contributed by atoms with Gasteiger partial charge < -0.3 is 4.85 Å². The number of sulfone groups is 1. The highest BCUT2D eigenvalue weighted by molar-refractivity contribution is 7.92. The molecular weight excluding hydrogens is 234 g/mol. The predicted octanol–water partition coefficient (Wildman–Crippen LogP) is 2.68. The largest absolute Gasteiger partial charge is 0.310 e. The van der Waals surface area contributed by atoms with E-state index >= 15 is 0 Å². The standard InChI is InChI=1S/C13H21NO2S/c1-11(2,3)13(14-4)7-5-12(6-8-13)9-17(15,16)10-12/h5-10H2,1-3H3. The van der Waals surface area contributed by atoms with E-state index in [0.717, 1.165) is 25.7 Å².